The fraction of sp³-hybridized carbons (Fsp3) is 0.0769. The number of pyridine rings is 1. The highest BCUT2D eigenvalue weighted by molar-refractivity contribution is 6.42. The smallest absolute Gasteiger partial charge is 0.195 e. The molecular weight excluding hydrogens is 461 g/mol. The van der Waals surface area contributed by atoms with Crippen LogP contribution in [-0.4, -0.2) is 24.0 Å². The third-order valence-corrected chi connectivity index (χ3v) is 6.00. The minimum absolute atomic E-state index is 0.0771. The Kier molecular flexibility index (Phi) is 5.90. The number of allylic oxidation sites excluding steroid dienone is 1. The number of carbonyl (C=O) groups is 1. The molecule has 33 heavy (non-hydrogen) atoms. The lowest BCUT2D eigenvalue weighted by molar-refractivity contribution is 0.105. The number of halogens is 2. The number of aromatic nitrogens is 1. The lowest BCUT2D eigenvalue weighted by atomic mass is 9.96. The molecule has 0 amide bonds. The van der Waals surface area contributed by atoms with E-state index in [4.69, 9.17) is 37.1 Å². The van der Waals surface area contributed by atoms with Crippen molar-refractivity contribution in [1.82, 2.24) is 4.98 Å². The van der Waals surface area contributed by atoms with Gasteiger partial charge in [0.15, 0.2) is 5.78 Å². The zero-order valence-electron chi connectivity index (χ0n) is 17.3. The Balaban J connectivity index is 1.45. The van der Waals surface area contributed by atoms with Crippen molar-refractivity contribution in [2.75, 3.05) is 13.2 Å². The molecule has 2 aromatic heterocycles. The molecule has 1 aliphatic carbocycles. The normalized spacial score (nSPS) is 12.7. The molecule has 0 bridgehead atoms. The Labute approximate surface area is 200 Å². The van der Waals surface area contributed by atoms with Crippen LogP contribution in [0.5, 0.6) is 11.5 Å². The third kappa shape index (κ3) is 4.13. The number of furan rings is 1. The number of ether oxygens (including phenoxy) is 2. The number of nitrogens with zero attached hydrogens (tertiary/aromatic N) is 1. The molecule has 7 heteroatoms. The summed E-state index contributed by atoms with van der Waals surface area (Å²) in [4.78, 5) is 17.6. The number of fused-ring (bicyclic) bond motifs is 1. The van der Waals surface area contributed by atoms with Gasteiger partial charge in [0, 0.05) is 51.9 Å². The fourth-order valence-electron chi connectivity index (χ4n) is 3.83. The van der Waals surface area contributed by atoms with Crippen molar-refractivity contribution in [1.29, 1.82) is 0 Å². The summed E-state index contributed by atoms with van der Waals surface area (Å²) in [5, 5.41) is 0.889. The second-order valence-corrected chi connectivity index (χ2v) is 8.10. The predicted molar refractivity (Wildman–Crippen MR) is 127 cm³/mol. The minimum atomic E-state index is -0.0771. The van der Waals surface area contributed by atoms with Crippen LogP contribution >= 0.6 is 23.2 Å². The Morgan fingerprint density at radius 2 is 1.76 bits per heavy atom. The van der Waals surface area contributed by atoms with E-state index in [9.17, 15) is 4.79 Å². The lowest BCUT2D eigenvalue weighted by Gasteiger charge is -2.13. The number of benzene rings is 2. The summed E-state index contributed by atoms with van der Waals surface area (Å²) in [5.41, 5.74) is 4.18. The number of hydrogen-bond donors (Lipinski definition) is 0. The quantitative estimate of drug-likeness (QED) is 0.280. The van der Waals surface area contributed by atoms with Crippen LogP contribution in [0.2, 0.25) is 10.0 Å². The number of hydrogen-bond acceptors (Lipinski definition) is 5. The average molecular weight is 478 g/mol. The summed E-state index contributed by atoms with van der Waals surface area (Å²) >= 11 is 12.0. The maximum absolute atomic E-state index is 13.4. The molecule has 2 aromatic carbocycles. The molecule has 0 atom stereocenters. The zero-order valence-corrected chi connectivity index (χ0v) is 18.8. The highest BCUT2D eigenvalue weighted by atomic mass is 35.5. The van der Waals surface area contributed by atoms with E-state index in [1.165, 1.54) is 0 Å². The first-order valence-electron chi connectivity index (χ1n) is 10.2. The van der Waals surface area contributed by atoms with Gasteiger partial charge in [-0.05, 0) is 30.3 Å². The molecule has 0 radical (unpaired) electrons. The zero-order chi connectivity index (χ0) is 22.8. The van der Waals surface area contributed by atoms with E-state index in [1.807, 2.05) is 30.3 Å². The van der Waals surface area contributed by atoms with E-state index in [2.05, 4.69) is 4.98 Å². The van der Waals surface area contributed by atoms with Gasteiger partial charge in [0.1, 0.15) is 24.7 Å². The van der Waals surface area contributed by atoms with E-state index in [-0.39, 0.29) is 19.0 Å². The molecule has 164 valence electrons. The van der Waals surface area contributed by atoms with Gasteiger partial charge in [-0.2, -0.15) is 0 Å². The van der Waals surface area contributed by atoms with E-state index in [1.54, 1.807) is 49.2 Å². The van der Waals surface area contributed by atoms with Crippen LogP contribution in [0.15, 0.2) is 83.9 Å². The van der Waals surface area contributed by atoms with Crippen LogP contribution in [0.1, 0.15) is 27.0 Å². The molecular formula is C26H17Cl2NO4. The highest BCUT2D eigenvalue weighted by Crippen LogP contribution is 2.46. The summed E-state index contributed by atoms with van der Waals surface area (Å²) in [7, 11) is 0. The summed E-state index contributed by atoms with van der Waals surface area (Å²) in [6.07, 6.45) is 6.57. The first-order chi connectivity index (χ1) is 16.1. The van der Waals surface area contributed by atoms with Gasteiger partial charge in [0.2, 0.25) is 0 Å². The van der Waals surface area contributed by atoms with Gasteiger partial charge < -0.3 is 13.9 Å². The van der Waals surface area contributed by atoms with Gasteiger partial charge in [0.05, 0.1) is 22.6 Å². The van der Waals surface area contributed by atoms with Gasteiger partial charge in [-0.1, -0.05) is 41.4 Å². The molecule has 2 heterocycles. The summed E-state index contributed by atoms with van der Waals surface area (Å²) in [6.45, 7) is 0.557. The monoisotopic (exact) mass is 477 g/mol. The number of rotatable bonds is 7. The van der Waals surface area contributed by atoms with Crippen LogP contribution in [-0.2, 0) is 0 Å². The van der Waals surface area contributed by atoms with Crippen LogP contribution in [0, 0.1) is 0 Å². The largest absolute Gasteiger partial charge is 0.490 e. The molecule has 0 fully saturated rings. The summed E-state index contributed by atoms with van der Waals surface area (Å²) in [5.74, 6) is 1.11. The van der Waals surface area contributed by atoms with Crippen molar-refractivity contribution in [3.05, 3.63) is 112 Å². The Bertz CT molecular complexity index is 1350. The molecule has 0 saturated carbocycles. The van der Waals surface area contributed by atoms with Crippen LogP contribution in [0.25, 0.3) is 11.1 Å². The molecule has 1 aliphatic rings. The van der Waals surface area contributed by atoms with Crippen LogP contribution < -0.4 is 9.47 Å². The molecule has 5 nitrogen and oxygen atoms in total. The molecule has 0 unspecified atom stereocenters. The van der Waals surface area contributed by atoms with Crippen molar-refractivity contribution in [3.8, 4) is 11.5 Å². The van der Waals surface area contributed by atoms with Crippen molar-refractivity contribution in [2.24, 2.45) is 0 Å². The van der Waals surface area contributed by atoms with E-state index in [0.29, 0.717) is 32.7 Å². The Morgan fingerprint density at radius 1 is 0.879 bits per heavy atom. The predicted octanol–water partition coefficient (Wildman–Crippen LogP) is 6.59. The van der Waals surface area contributed by atoms with Gasteiger partial charge in [-0.3, -0.25) is 9.78 Å². The lowest BCUT2D eigenvalue weighted by Crippen LogP contribution is -2.10. The van der Waals surface area contributed by atoms with E-state index in [0.717, 1.165) is 22.3 Å². The third-order valence-electron chi connectivity index (χ3n) is 5.26. The summed E-state index contributed by atoms with van der Waals surface area (Å²) < 4.78 is 17.1. The molecule has 0 aliphatic heterocycles. The molecule has 0 N–H and O–H groups in total. The molecule has 0 saturated heterocycles. The van der Waals surface area contributed by atoms with Crippen molar-refractivity contribution in [2.45, 2.75) is 0 Å². The van der Waals surface area contributed by atoms with Gasteiger partial charge in [0.25, 0.3) is 0 Å². The van der Waals surface area contributed by atoms with E-state index < -0.39 is 0 Å². The maximum atomic E-state index is 13.4. The first kappa shape index (κ1) is 21.3. The van der Waals surface area contributed by atoms with Crippen LogP contribution in [0.3, 0.4) is 0 Å². The van der Waals surface area contributed by atoms with Gasteiger partial charge >= 0.3 is 0 Å². The Morgan fingerprint density at radius 3 is 2.52 bits per heavy atom. The molecule has 0 spiro atoms. The maximum Gasteiger partial charge on any atom is 0.195 e. The second-order valence-electron chi connectivity index (χ2n) is 7.28. The average Bonchev–Trinajstić information content (AvgIpc) is 3.46. The van der Waals surface area contributed by atoms with Crippen molar-refractivity contribution in [3.63, 3.8) is 0 Å². The van der Waals surface area contributed by atoms with Crippen LogP contribution in [0.4, 0.5) is 0 Å². The fourth-order valence-corrected chi connectivity index (χ4v) is 4.12. The standard InChI is InChI=1S/C26H17Cl2NO4/c27-20-7-6-18(13-21(20)28)32-11-12-33-22-5-1-4-19-25(22)23(17-8-10-31-15-17)24(26(19)30)16-3-2-9-29-14-16/h1-10,13-15H,11-12H2. The van der Waals surface area contributed by atoms with E-state index >= 15 is 0 Å². The summed E-state index contributed by atoms with van der Waals surface area (Å²) in [6, 6.07) is 16.1. The highest BCUT2D eigenvalue weighted by Gasteiger charge is 2.34. The first-order valence-corrected chi connectivity index (χ1v) is 10.9. The van der Waals surface area contributed by atoms with Crippen molar-refractivity contribution < 1.29 is 18.7 Å². The van der Waals surface area contributed by atoms with Gasteiger partial charge in [-0.25, -0.2) is 0 Å². The van der Waals surface area contributed by atoms with Crippen molar-refractivity contribution >= 4 is 40.1 Å². The minimum Gasteiger partial charge on any atom is -0.490 e. The topological polar surface area (TPSA) is 61.6 Å². The molecule has 5 rings (SSSR count). The number of Topliss-reactive ketones (excluding diaryl/α,β-unsaturated/α-hetero) is 1. The molecule has 4 aromatic rings. The number of carbonyl (C=O) groups excluding carboxylic acids is 1. The van der Waals surface area contributed by atoms with Gasteiger partial charge in [-0.15, -0.1) is 0 Å². The Hall–Kier alpha value is -3.54. The SMILES string of the molecule is O=C1C(c2cccnc2)=C(c2ccoc2)c2c(OCCOc3ccc(Cl)c(Cl)c3)cccc21. The number of ketones is 1. The second kappa shape index (κ2) is 9.14.